The lowest BCUT2D eigenvalue weighted by atomic mass is 11.3. The van der Waals surface area contributed by atoms with E-state index in [0.29, 0.717) is 10.2 Å². The molecule has 0 amide bonds. The average Bonchev–Trinajstić information content (AvgIpc) is 1.37. The van der Waals surface area contributed by atoms with Crippen molar-refractivity contribution in [2.24, 2.45) is 0 Å². The Balaban J connectivity index is 2.83. The lowest BCUT2D eigenvalue weighted by Crippen LogP contribution is -1.39. The third-order valence-electron chi connectivity index (χ3n) is 0.0945. The highest BCUT2D eigenvalue weighted by Gasteiger charge is 1.32. The molecule has 0 heterocycles. The molecule has 0 saturated heterocycles. The largest absolute Gasteiger partial charge is 0.145 e. The van der Waals surface area contributed by atoms with Crippen LogP contribution in [0.2, 0.25) is 0 Å². The van der Waals surface area contributed by atoms with E-state index in [1.54, 1.807) is 0 Å². The Bertz CT molecular complexity index is 42.8. The second-order valence-electron chi connectivity index (χ2n) is 0.344. The molecule has 0 bridgehead atoms. The van der Waals surface area contributed by atoms with Crippen LogP contribution >= 0.6 is 0 Å². The molecule has 0 atom stereocenters. The maximum atomic E-state index is 10.4. The van der Waals surface area contributed by atoms with E-state index in [1.807, 2.05) is 0 Å². The van der Waals surface area contributed by atoms with Gasteiger partial charge in [-0.3, -0.25) is 0 Å². The van der Waals surface area contributed by atoms with Crippen LogP contribution in [0.5, 0.6) is 0 Å². The predicted molar refractivity (Wildman–Crippen MR) is 18.8 cm³/mol. The number of rotatable bonds is 0. The maximum Gasteiger partial charge on any atom is 0.0969 e. The fourth-order valence-electron chi connectivity index (χ4n) is 0. The monoisotopic (exact) mass is 74.0 g/mol. The Morgan fingerprint density at radius 1 is 1.75 bits per heavy atom. The van der Waals surface area contributed by atoms with Gasteiger partial charge in [-0.1, -0.05) is 0 Å². The van der Waals surface area contributed by atoms with Gasteiger partial charge in [0.15, 0.2) is 0 Å². The average molecular weight is 74.1 g/mol. The van der Waals surface area contributed by atoms with Crippen LogP contribution in [-0.4, -0.2) is 10.2 Å². The summed E-state index contributed by atoms with van der Waals surface area (Å²) in [5.74, 6) is 0. The van der Waals surface area contributed by atoms with Gasteiger partial charge >= 0.3 is 0 Å². The molecule has 0 aromatic heterocycles. The van der Waals surface area contributed by atoms with Crippen molar-refractivity contribution in [3.8, 4) is 11.7 Å². The lowest BCUT2D eigenvalue weighted by molar-refractivity contribution is 0.775. The summed E-state index contributed by atoms with van der Waals surface area (Å²) in [5, 5.41) is 0. The van der Waals surface area contributed by atoms with E-state index in [1.165, 1.54) is 6.17 Å². The SMILES string of the molecule is FC#C[SiH3]. The van der Waals surface area contributed by atoms with Gasteiger partial charge in [0.2, 0.25) is 0 Å². The molecular weight excluding hydrogens is 71.1 g/mol. The molecule has 0 aromatic carbocycles. The minimum Gasteiger partial charge on any atom is -0.145 e. The number of hydrogen-bond donors (Lipinski definition) is 0. The number of halogens is 1. The van der Waals surface area contributed by atoms with Crippen LogP contribution in [0.3, 0.4) is 0 Å². The summed E-state index contributed by atoms with van der Waals surface area (Å²) in [6.45, 7) is 0. The Morgan fingerprint density at radius 2 is 2.00 bits per heavy atom. The van der Waals surface area contributed by atoms with E-state index < -0.39 is 0 Å². The summed E-state index contributed by atoms with van der Waals surface area (Å²) in [6.07, 6.45) is 1.24. The van der Waals surface area contributed by atoms with E-state index in [9.17, 15) is 4.39 Å². The highest BCUT2D eigenvalue weighted by molar-refractivity contribution is 6.22. The van der Waals surface area contributed by atoms with Crippen molar-refractivity contribution in [1.29, 1.82) is 0 Å². The van der Waals surface area contributed by atoms with Gasteiger partial charge in [-0.25, -0.2) is 0 Å². The highest BCUT2D eigenvalue weighted by Crippen LogP contribution is 1.41. The third-order valence-corrected chi connectivity index (χ3v) is 0.283. The number of hydrogen-bond acceptors (Lipinski definition) is 0. The van der Waals surface area contributed by atoms with Gasteiger partial charge in [0.05, 0.1) is 16.4 Å². The Kier molecular flexibility index (Phi) is 2.51. The van der Waals surface area contributed by atoms with Crippen LogP contribution in [0.4, 0.5) is 4.39 Å². The highest BCUT2D eigenvalue weighted by atomic mass is 28.1. The fraction of sp³-hybridized carbons (Fsp3) is 0. The van der Waals surface area contributed by atoms with Crippen LogP contribution in [0.15, 0.2) is 0 Å². The molecule has 0 spiro atoms. The molecule has 0 N–H and O–H groups in total. The molecule has 4 heavy (non-hydrogen) atoms. The molecule has 0 aliphatic carbocycles. The standard InChI is InChI=1S/C2H3FSi/c3-1-2-4/h4H3. The summed E-state index contributed by atoms with van der Waals surface area (Å²) in [6, 6.07) is 0. The van der Waals surface area contributed by atoms with Gasteiger partial charge in [0, 0.05) is 0 Å². The molecule has 0 aliphatic rings. The van der Waals surface area contributed by atoms with Gasteiger partial charge in [0.25, 0.3) is 0 Å². The molecule has 0 aliphatic heterocycles. The molecule has 0 saturated carbocycles. The smallest absolute Gasteiger partial charge is 0.0969 e. The van der Waals surface area contributed by atoms with Gasteiger partial charge < -0.3 is 0 Å². The first kappa shape index (κ1) is 3.71. The van der Waals surface area contributed by atoms with Crippen LogP contribution in [-0.2, 0) is 0 Å². The molecule has 0 aromatic rings. The zero-order valence-corrected chi connectivity index (χ0v) is 4.38. The van der Waals surface area contributed by atoms with Crippen LogP contribution < -0.4 is 0 Å². The molecule has 0 unspecified atom stereocenters. The van der Waals surface area contributed by atoms with Crippen molar-refractivity contribution in [2.45, 2.75) is 0 Å². The van der Waals surface area contributed by atoms with Gasteiger partial charge in [-0.2, -0.15) is 0 Å². The Labute approximate surface area is 27.4 Å². The summed E-state index contributed by atoms with van der Waals surface area (Å²) in [5.41, 5.74) is 2.15. The van der Waals surface area contributed by atoms with Gasteiger partial charge in [-0.05, 0) is 0 Å². The molecule has 0 radical (unpaired) electrons. The van der Waals surface area contributed by atoms with E-state index in [4.69, 9.17) is 0 Å². The first-order chi connectivity index (χ1) is 1.91. The third kappa shape index (κ3) is 1.71. The second-order valence-corrected chi connectivity index (χ2v) is 0.844. The molecule has 2 heteroatoms. The molecule has 0 rings (SSSR count). The van der Waals surface area contributed by atoms with Crippen molar-refractivity contribution in [3.63, 3.8) is 0 Å². The predicted octanol–water partition coefficient (Wildman–Crippen LogP) is -0.760. The van der Waals surface area contributed by atoms with E-state index in [-0.39, 0.29) is 0 Å². The topological polar surface area (TPSA) is 0 Å². The maximum absolute atomic E-state index is 10.4. The fourth-order valence-corrected chi connectivity index (χ4v) is 0. The first-order valence-corrected chi connectivity index (χ1v) is 1.94. The summed E-state index contributed by atoms with van der Waals surface area (Å²) in [4.78, 5) is 0. The van der Waals surface area contributed by atoms with E-state index in [2.05, 4.69) is 5.54 Å². The molecule has 0 fully saturated rings. The molecule has 0 nitrogen and oxygen atoms in total. The second kappa shape index (κ2) is 2.71. The summed E-state index contributed by atoms with van der Waals surface area (Å²) < 4.78 is 10.4. The first-order valence-electron chi connectivity index (χ1n) is 0.939. The quantitative estimate of drug-likeness (QED) is 0.262. The zero-order valence-electron chi connectivity index (χ0n) is 2.38. The van der Waals surface area contributed by atoms with E-state index >= 15 is 0 Å². The van der Waals surface area contributed by atoms with Crippen LogP contribution in [0.25, 0.3) is 0 Å². The van der Waals surface area contributed by atoms with Crippen LogP contribution in [0, 0.1) is 11.7 Å². The minimum absolute atomic E-state index is 0.654. The van der Waals surface area contributed by atoms with Crippen molar-refractivity contribution >= 4 is 10.2 Å². The summed E-state index contributed by atoms with van der Waals surface area (Å²) >= 11 is 0. The van der Waals surface area contributed by atoms with Crippen molar-refractivity contribution in [2.75, 3.05) is 0 Å². The lowest BCUT2D eigenvalue weighted by Gasteiger charge is -1.35. The van der Waals surface area contributed by atoms with Crippen molar-refractivity contribution in [1.82, 2.24) is 0 Å². The Hall–Kier alpha value is -0.293. The van der Waals surface area contributed by atoms with Gasteiger partial charge in [0.1, 0.15) is 0 Å². The van der Waals surface area contributed by atoms with E-state index in [0.717, 1.165) is 0 Å². The molecule has 22 valence electrons. The summed E-state index contributed by atoms with van der Waals surface area (Å²) in [7, 11) is 0.654. The minimum atomic E-state index is 0.654. The zero-order chi connectivity index (χ0) is 3.41. The van der Waals surface area contributed by atoms with Crippen LogP contribution in [0.1, 0.15) is 0 Å². The Morgan fingerprint density at radius 3 is 2.00 bits per heavy atom. The molecular formula is C2H3FSi. The van der Waals surface area contributed by atoms with Crippen molar-refractivity contribution in [3.05, 3.63) is 0 Å². The van der Waals surface area contributed by atoms with Crippen molar-refractivity contribution < 1.29 is 4.39 Å². The van der Waals surface area contributed by atoms with Gasteiger partial charge in [-0.15, -0.1) is 9.93 Å². The normalized spacial score (nSPS) is 4.25.